The van der Waals surface area contributed by atoms with Gasteiger partial charge in [0, 0.05) is 14.9 Å². The van der Waals surface area contributed by atoms with Gasteiger partial charge in [-0.25, -0.2) is 0 Å². The summed E-state index contributed by atoms with van der Waals surface area (Å²) in [6.07, 6.45) is 0.932. The number of carbonyl (C=O) groups is 1. The molecule has 0 aliphatic carbocycles. The van der Waals surface area contributed by atoms with E-state index in [1.807, 2.05) is 38.1 Å². The normalized spacial score (nSPS) is 11.3. The third-order valence-corrected chi connectivity index (χ3v) is 4.09. The Balaban J connectivity index is 2.41. The van der Waals surface area contributed by atoms with Crippen LogP contribution in [0.2, 0.25) is 0 Å². The quantitative estimate of drug-likeness (QED) is 0.836. The summed E-state index contributed by atoms with van der Waals surface area (Å²) in [5.41, 5.74) is -0.114. The lowest BCUT2D eigenvalue weighted by atomic mass is 10.0. The minimum Gasteiger partial charge on any atom is -0.351 e. The topological polar surface area (TPSA) is 29.1 Å². The zero-order valence-electron chi connectivity index (χ0n) is 10.4. The second-order valence-electron chi connectivity index (χ2n) is 4.53. The summed E-state index contributed by atoms with van der Waals surface area (Å²) in [6.45, 7) is 6.15. The number of halogens is 1. The molecule has 0 aromatic heterocycles. The van der Waals surface area contributed by atoms with Crippen molar-refractivity contribution in [1.29, 1.82) is 0 Å². The van der Waals surface area contributed by atoms with E-state index in [0.717, 1.165) is 15.8 Å². The molecule has 1 rings (SSSR count). The standard InChI is InChI=1S/C13H18BrNOS/c1-4-13(2,3)15-12(16)9-17-11-7-5-10(14)6-8-11/h5-8H,4,9H2,1-3H3,(H,15,16). The molecule has 0 heterocycles. The Morgan fingerprint density at radius 1 is 1.35 bits per heavy atom. The van der Waals surface area contributed by atoms with Crippen molar-refractivity contribution >= 4 is 33.6 Å². The van der Waals surface area contributed by atoms with Gasteiger partial charge in [0.05, 0.1) is 5.75 Å². The van der Waals surface area contributed by atoms with Crippen LogP contribution in [0.5, 0.6) is 0 Å². The van der Waals surface area contributed by atoms with Crippen molar-refractivity contribution < 1.29 is 4.79 Å². The van der Waals surface area contributed by atoms with Gasteiger partial charge in [-0.05, 0) is 44.5 Å². The first-order valence-electron chi connectivity index (χ1n) is 5.62. The molecule has 1 aromatic rings. The summed E-state index contributed by atoms with van der Waals surface area (Å²) in [6, 6.07) is 7.98. The average molecular weight is 316 g/mol. The van der Waals surface area contributed by atoms with Crippen molar-refractivity contribution in [3.63, 3.8) is 0 Å². The summed E-state index contributed by atoms with van der Waals surface area (Å²) in [5, 5.41) is 3.02. The summed E-state index contributed by atoms with van der Waals surface area (Å²) in [4.78, 5) is 12.8. The van der Waals surface area contributed by atoms with E-state index in [9.17, 15) is 4.79 Å². The van der Waals surface area contributed by atoms with E-state index in [1.165, 1.54) is 0 Å². The summed E-state index contributed by atoms with van der Waals surface area (Å²) in [5.74, 6) is 0.551. The second kappa shape index (κ2) is 6.45. The van der Waals surface area contributed by atoms with E-state index in [1.54, 1.807) is 11.8 Å². The fourth-order valence-corrected chi connectivity index (χ4v) is 2.14. The first-order chi connectivity index (χ1) is 7.93. The SMILES string of the molecule is CCC(C)(C)NC(=O)CSc1ccc(Br)cc1. The molecule has 1 N–H and O–H groups in total. The molecule has 0 fully saturated rings. The van der Waals surface area contributed by atoms with Gasteiger partial charge in [0.25, 0.3) is 0 Å². The Labute approximate surface area is 116 Å². The molecule has 0 aliphatic heterocycles. The molecule has 0 radical (unpaired) electrons. The van der Waals surface area contributed by atoms with Crippen LogP contribution in [0.4, 0.5) is 0 Å². The zero-order valence-corrected chi connectivity index (χ0v) is 12.8. The van der Waals surface area contributed by atoms with Crippen LogP contribution in [0, 0.1) is 0 Å². The first kappa shape index (κ1) is 14.6. The second-order valence-corrected chi connectivity index (χ2v) is 6.49. The molecule has 4 heteroatoms. The maximum atomic E-state index is 11.7. The van der Waals surface area contributed by atoms with Crippen LogP contribution in [0.25, 0.3) is 0 Å². The van der Waals surface area contributed by atoms with Gasteiger partial charge in [0.2, 0.25) is 5.91 Å². The monoisotopic (exact) mass is 315 g/mol. The van der Waals surface area contributed by atoms with E-state index in [0.29, 0.717) is 5.75 Å². The van der Waals surface area contributed by atoms with Crippen molar-refractivity contribution in [1.82, 2.24) is 5.32 Å². The number of benzene rings is 1. The van der Waals surface area contributed by atoms with Gasteiger partial charge >= 0.3 is 0 Å². The number of rotatable bonds is 5. The van der Waals surface area contributed by atoms with Crippen molar-refractivity contribution in [2.75, 3.05) is 5.75 Å². The van der Waals surface area contributed by atoms with Crippen LogP contribution in [-0.2, 0) is 4.79 Å². The van der Waals surface area contributed by atoms with Gasteiger partial charge < -0.3 is 5.32 Å². The number of hydrogen-bond acceptors (Lipinski definition) is 2. The molecular formula is C13H18BrNOS. The lowest BCUT2D eigenvalue weighted by Crippen LogP contribution is -2.43. The molecule has 17 heavy (non-hydrogen) atoms. The molecular weight excluding hydrogens is 298 g/mol. The smallest absolute Gasteiger partial charge is 0.230 e. The van der Waals surface area contributed by atoms with Crippen LogP contribution < -0.4 is 5.32 Å². The molecule has 94 valence electrons. The highest BCUT2D eigenvalue weighted by Crippen LogP contribution is 2.20. The molecule has 1 amide bonds. The maximum absolute atomic E-state index is 11.7. The average Bonchev–Trinajstić information content (AvgIpc) is 2.28. The highest BCUT2D eigenvalue weighted by Gasteiger charge is 2.17. The van der Waals surface area contributed by atoms with Gasteiger partial charge in [-0.3, -0.25) is 4.79 Å². The third-order valence-electron chi connectivity index (χ3n) is 2.55. The van der Waals surface area contributed by atoms with Gasteiger partial charge in [-0.1, -0.05) is 22.9 Å². The Bertz CT molecular complexity index is 376. The van der Waals surface area contributed by atoms with Gasteiger partial charge in [-0.2, -0.15) is 0 Å². The van der Waals surface area contributed by atoms with Crippen LogP contribution in [-0.4, -0.2) is 17.2 Å². The highest BCUT2D eigenvalue weighted by atomic mass is 79.9. The molecule has 0 spiro atoms. The Hall–Kier alpha value is -0.480. The molecule has 0 atom stereocenters. The van der Waals surface area contributed by atoms with Crippen molar-refractivity contribution in [2.24, 2.45) is 0 Å². The number of nitrogens with one attached hydrogen (secondary N) is 1. The van der Waals surface area contributed by atoms with Gasteiger partial charge in [0.1, 0.15) is 0 Å². The first-order valence-corrected chi connectivity index (χ1v) is 7.40. The number of amides is 1. The van der Waals surface area contributed by atoms with Gasteiger partial charge in [-0.15, -0.1) is 11.8 Å². The van der Waals surface area contributed by atoms with Crippen LogP contribution in [0.3, 0.4) is 0 Å². The maximum Gasteiger partial charge on any atom is 0.230 e. The van der Waals surface area contributed by atoms with E-state index >= 15 is 0 Å². The zero-order chi connectivity index (χ0) is 12.9. The summed E-state index contributed by atoms with van der Waals surface area (Å²) in [7, 11) is 0. The molecule has 0 aliphatic rings. The van der Waals surface area contributed by atoms with Crippen LogP contribution in [0.1, 0.15) is 27.2 Å². The van der Waals surface area contributed by atoms with Crippen LogP contribution >= 0.6 is 27.7 Å². The van der Waals surface area contributed by atoms with Crippen molar-refractivity contribution in [2.45, 2.75) is 37.6 Å². The third kappa shape index (κ3) is 5.59. The molecule has 0 saturated heterocycles. The minimum absolute atomic E-state index is 0.0877. The number of hydrogen-bond donors (Lipinski definition) is 1. The molecule has 0 saturated carbocycles. The Kier molecular flexibility index (Phi) is 5.53. The fraction of sp³-hybridized carbons (Fsp3) is 0.462. The minimum atomic E-state index is -0.114. The lowest BCUT2D eigenvalue weighted by Gasteiger charge is -2.24. The summed E-state index contributed by atoms with van der Waals surface area (Å²) < 4.78 is 1.05. The Morgan fingerprint density at radius 3 is 2.47 bits per heavy atom. The fourth-order valence-electron chi connectivity index (χ4n) is 1.18. The van der Waals surface area contributed by atoms with E-state index in [2.05, 4.69) is 28.2 Å². The predicted molar refractivity (Wildman–Crippen MR) is 77.4 cm³/mol. The number of thioether (sulfide) groups is 1. The van der Waals surface area contributed by atoms with Crippen molar-refractivity contribution in [3.05, 3.63) is 28.7 Å². The van der Waals surface area contributed by atoms with Gasteiger partial charge in [0.15, 0.2) is 0 Å². The molecule has 1 aromatic carbocycles. The Morgan fingerprint density at radius 2 is 1.94 bits per heavy atom. The molecule has 0 bridgehead atoms. The van der Waals surface area contributed by atoms with E-state index in [4.69, 9.17) is 0 Å². The highest BCUT2D eigenvalue weighted by molar-refractivity contribution is 9.10. The largest absolute Gasteiger partial charge is 0.351 e. The molecule has 2 nitrogen and oxygen atoms in total. The lowest BCUT2D eigenvalue weighted by molar-refractivity contribution is -0.120. The summed E-state index contributed by atoms with van der Waals surface area (Å²) >= 11 is 4.94. The molecule has 0 unspecified atom stereocenters. The predicted octanol–water partition coefficient (Wildman–Crippen LogP) is 3.85. The van der Waals surface area contributed by atoms with E-state index < -0.39 is 0 Å². The van der Waals surface area contributed by atoms with E-state index in [-0.39, 0.29) is 11.4 Å². The number of carbonyl (C=O) groups excluding carboxylic acids is 1. The van der Waals surface area contributed by atoms with Crippen LogP contribution in [0.15, 0.2) is 33.6 Å². The van der Waals surface area contributed by atoms with Crippen molar-refractivity contribution in [3.8, 4) is 0 Å².